The molecule has 1 unspecified atom stereocenters. The quantitative estimate of drug-likeness (QED) is 0.777. The van der Waals surface area contributed by atoms with E-state index in [1.165, 1.54) is 6.42 Å². The Morgan fingerprint density at radius 1 is 1.44 bits per heavy atom. The molecule has 1 heterocycles. The molecule has 0 aliphatic carbocycles. The van der Waals surface area contributed by atoms with Gasteiger partial charge in [0.25, 0.3) is 0 Å². The second-order valence-corrected chi connectivity index (χ2v) is 4.37. The summed E-state index contributed by atoms with van der Waals surface area (Å²) < 4.78 is 11.1. The van der Waals surface area contributed by atoms with E-state index in [2.05, 4.69) is 11.2 Å². The first kappa shape index (κ1) is 12.9. The maximum Gasteiger partial charge on any atom is 0.148 e. The zero-order valence-corrected chi connectivity index (χ0v) is 10.5. The van der Waals surface area contributed by atoms with E-state index in [0.29, 0.717) is 12.7 Å². The molecule has 96 valence electrons. The number of hydrogen-bond acceptors (Lipinski definition) is 3. The molecular weight excluding hydrogens is 226 g/mol. The predicted molar refractivity (Wildman–Crippen MR) is 71.5 cm³/mol. The SMILES string of the molecule is C#CCOc1ccccc1CNCC1CCCO1. The second kappa shape index (κ2) is 7.05. The van der Waals surface area contributed by atoms with Gasteiger partial charge in [0.15, 0.2) is 0 Å². The third kappa shape index (κ3) is 3.76. The summed E-state index contributed by atoms with van der Waals surface area (Å²) in [6.07, 6.45) is 7.90. The molecule has 1 atom stereocenters. The fraction of sp³-hybridized carbons (Fsp3) is 0.467. The monoisotopic (exact) mass is 245 g/mol. The van der Waals surface area contributed by atoms with Crippen molar-refractivity contribution < 1.29 is 9.47 Å². The first-order valence-corrected chi connectivity index (χ1v) is 6.36. The second-order valence-electron chi connectivity index (χ2n) is 4.37. The molecule has 0 spiro atoms. The molecule has 0 bridgehead atoms. The van der Waals surface area contributed by atoms with Crippen LogP contribution in [0.15, 0.2) is 24.3 Å². The van der Waals surface area contributed by atoms with E-state index in [0.717, 1.165) is 37.4 Å². The lowest BCUT2D eigenvalue weighted by atomic mass is 10.2. The van der Waals surface area contributed by atoms with Gasteiger partial charge in [-0.2, -0.15) is 0 Å². The largest absolute Gasteiger partial charge is 0.481 e. The molecule has 3 nitrogen and oxygen atoms in total. The van der Waals surface area contributed by atoms with Gasteiger partial charge >= 0.3 is 0 Å². The summed E-state index contributed by atoms with van der Waals surface area (Å²) in [6, 6.07) is 7.95. The summed E-state index contributed by atoms with van der Waals surface area (Å²) in [6.45, 7) is 2.88. The first-order chi connectivity index (χ1) is 8.90. The molecule has 3 heteroatoms. The van der Waals surface area contributed by atoms with Gasteiger partial charge in [0.1, 0.15) is 12.4 Å². The molecule has 0 amide bonds. The molecule has 1 aliphatic rings. The zero-order chi connectivity index (χ0) is 12.6. The van der Waals surface area contributed by atoms with Gasteiger partial charge in [0, 0.05) is 25.3 Å². The van der Waals surface area contributed by atoms with Crippen LogP contribution in [-0.2, 0) is 11.3 Å². The number of para-hydroxylation sites is 1. The molecular formula is C15H19NO2. The Bertz CT molecular complexity index is 405. The summed E-state index contributed by atoms with van der Waals surface area (Å²) in [7, 11) is 0. The zero-order valence-electron chi connectivity index (χ0n) is 10.5. The number of ether oxygens (including phenoxy) is 2. The Balaban J connectivity index is 1.82. The van der Waals surface area contributed by atoms with E-state index in [1.807, 2.05) is 24.3 Å². The number of rotatable bonds is 6. The van der Waals surface area contributed by atoms with Gasteiger partial charge in [-0.25, -0.2) is 0 Å². The van der Waals surface area contributed by atoms with Crippen molar-refractivity contribution in [3.63, 3.8) is 0 Å². The van der Waals surface area contributed by atoms with Crippen LogP contribution < -0.4 is 10.1 Å². The van der Waals surface area contributed by atoms with Crippen LogP contribution in [0.3, 0.4) is 0 Å². The van der Waals surface area contributed by atoms with Gasteiger partial charge in [0.2, 0.25) is 0 Å². The highest BCUT2D eigenvalue weighted by molar-refractivity contribution is 5.33. The summed E-state index contributed by atoms with van der Waals surface area (Å²) in [5, 5.41) is 3.40. The highest BCUT2D eigenvalue weighted by Crippen LogP contribution is 2.18. The summed E-state index contributed by atoms with van der Waals surface area (Å²) >= 11 is 0. The van der Waals surface area contributed by atoms with E-state index in [1.54, 1.807) is 0 Å². The highest BCUT2D eigenvalue weighted by atomic mass is 16.5. The van der Waals surface area contributed by atoms with Gasteiger partial charge in [-0.15, -0.1) is 6.42 Å². The van der Waals surface area contributed by atoms with E-state index >= 15 is 0 Å². The normalized spacial score (nSPS) is 18.5. The van der Waals surface area contributed by atoms with E-state index in [-0.39, 0.29) is 0 Å². The minimum atomic E-state index is 0.308. The predicted octanol–water partition coefficient (Wildman–Crippen LogP) is 1.97. The molecule has 1 saturated heterocycles. The lowest BCUT2D eigenvalue weighted by Gasteiger charge is -2.13. The van der Waals surface area contributed by atoms with Gasteiger partial charge in [-0.3, -0.25) is 0 Å². The molecule has 0 saturated carbocycles. The molecule has 0 radical (unpaired) electrons. The average Bonchev–Trinajstić information content (AvgIpc) is 2.91. The maximum absolute atomic E-state index is 5.57. The third-order valence-corrected chi connectivity index (χ3v) is 3.00. The Kier molecular flexibility index (Phi) is 5.07. The van der Waals surface area contributed by atoms with Gasteiger partial charge < -0.3 is 14.8 Å². The van der Waals surface area contributed by atoms with Crippen LogP contribution >= 0.6 is 0 Å². The molecule has 1 aromatic rings. The fourth-order valence-corrected chi connectivity index (χ4v) is 2.08. The van der Waals surface area contributed by atoms with Gasteiger partial charge in [-0.05, 0) is 18.9 Å². The summed E-state index contributed by atoms with van der Waals surface area (Å²) in [4.78, 5) is 0. The molecule has 0 aromatic heterocycles. The van der Waals surface area contributed by atoms with E-state index < -0.39 is 0 Å². The first-order valence-electron chi connectivity index (χ1n) is 6.36. The fourth-order valence-electron chi connectivity index (χ4n) is 2.08. The van der Waals surface area contributed by atoms with Crippen molar-refractivity contribution in [3.05, 3.63) is 29.8 Å². The molecule has 1 fully saturated rings. The maximum atomic E-state index is 5.57. The summed E-state index contributed by atoms with van der Waals surface area (Å²) in [5.41, 5.74) is 1.13. The van der Waals surface area contributed by atoms with Gasteiger partial charge in [-0.1, -0.05) is 24.1 Å². The molecule has 18 heavy (non-hydrogen) atoms. The average molecular weight is 245 g/mol. The Labute approximate surface area is 108 Å². The minimum absolute atomic E-state index is 0.308. The van der Waals surface area contributed by atoms with Crippen LogP contribution in [0.4, 0.5) is 0 Å². The van der Waals surface area contributed by atoms with Crippen LogP contribution in [0.1, 0.15) is 18.4 Å². The number of nitrogens with one attached hydrogen (secondary N) is 1. The topological polar surface area (TPSA) is 30.5 Å². The van der Waals surface area contributed by atoms with Crippen LogP contribution in [-0.4, -0.2) is 25.9 Å². The van der Waals surface area contributed by atoms with Crippen LogP contribution in [0.2, 0.25) is 0 Å². The summed E-state index contributed by atoms with van der Waals surface area (Å²) in [5.74, 6) is 3.34. The van der Waals surface area contributed by atoms with E-state index in [4.69, 9.17) is 15.9 Å². The Morgan fingerprint density at radius 2 is 2.33 bits per heavy atom. The van der Waals surface area contributed by atoms with Crippen LogP contribution in [0, 0.1) is 12.3 Å². The number of hydrogen-bond donors (Lipinski definition) is 1. The standard InChI is InChI=1S/C15H19NO2/c1-2-9-18-15-8-4-3-6-13(15)11-16-12-14-7-5-10-17-14/h1,3-4,6,8,14,16H,5,7,9-12H2. The third-order valence-electron chi connectivity index (χ3n) is 3.00. The van der Waals surface area contributed by atoms with Crippen molar-refractivity contribution in [1.82, 2.24) is 5.32 Å². The lowest BCUT2D eigenvalue weighted by molar-refractivity contribution is 0.110. The Hall–Kier alpha value is -1.50. The molecule has 1 N–H and O–H groups in total. The van der Waals surface area contributed by atoms with Gasteiger partial charge in [0.05, 0.1) is 6.10 Å². The smallest absolute Gasteiger partial charge is 0.148 e. The van der Waals surface area contributed by atoms with Crippen molar-refractivity contribution in [1.29, 1.82) is 0 Å². The van der Waals surface area contributed by atoms with E-state index in [9.17, 15) is 0 Å². The van der Waals surface area contributed by atoms with Crippen LogP contribution in [0.25, 0.3) is 0 Å². The van der Waals surface area contributed by atoms with Crippen molar-refractivity contribution in [2.45, 2.75) is 25.5 Å². The van der Waals surface area contributed by atoms with Crippen molar-refractivity contribution in [2.24, 2.45) is 0 Å². The lowest BCUT2D eigenvalue weighted by Crippen LogP contribution is -2.26. The minimum Gasteiger partial charge on any atom is -0.481 e. The van der Waals surface area contributed by atoms with Crippen LogP contribution in [0.5, 0.6) is 5.75 Å². The van der Waals surface area contributed by atoms with Crippen molar-refractivity contribution in [2.75, 3.05) is 19.8 Å². The molecule has 1 aliphatic heterocycles. The number of benzene rings is 1. The Morgan fingerprint density at radius 3 is 3.11 bits per heavy atom. The van der Waals surface area contributed by atoms with Crippen molar-refractivity contribution in [3.8, 4) is 18.1 Å². The van der Waals surface area contributed by atoms with Crippen molar-refractivity contribution >= 4 is 0 Å². The number of terminal acetylenes is 1. The molecule has 2 rings (SSSR count). The molecule has 1 aromatic carbocycles. The highest BCUT2D eigenvalue weighted by Gasteiger charge is 2.14.